The molecule has 1 aromatic rings. The third-order valence-electron chi connectivity index (χ3n) is 5.30. The van der Waals surface area contributed by atoms with Crippen molar-refractivity contribution >= 4 is 12.0 Å². The standard InChI is InChI=1S/C22H31NO4/c1-3-4-5-9-12-19(21(25)17(2)15-24)14-23-20(16-27-22(23)26)13-18-10-7-6-8-11-18/h6-8,10-11,19-21,25H,3-5,9,12-14,16H2,1-2H3. The van der Waals surface area contributed by atoms with Crippen molar-refractivity contribution in [2.75, 3.05) is 13.2 Å². The topological polar surface area (TPSA) is 66.8 Å². The van der Waals surface area contributed by atoms with Crippen molar-refractivity contribution < 1.29 is 19.4 Å². The lowest BCUT2D eigenvalue weighted by molar-refractivity contribution is 0.0992. The summed E-state index contributed by atoms with van der Waals surface area (Å²) in [6, 6.07) is 9.96. The lowest BCUT2D eigenvalue weighted by Gasteiger charge is -2.29. The van der Waals surface area contributed by atoms with Gasteiger partial charge in [0.1, 0.15) is 12.5 Å². The van der Waals surface area contributed by atoms with Gasteiger partial charge in [0.2, 0.25) is 0 Å². The maximum atomic E-state index is 12.3. The van der Waals surface area contributed by atoms with E-state index >= 15 is 0 Å². The second kappa shape index (κ2) is 10.9. The Morgan fingerprint density at radius 3 is 2.70 bits per heavy atom. The number of carbonyl (C=O) groups excluding carboxylic acids is 2. The molecule has 27 heavy (non-hydrogen) atoms. The van der Waals surface area contributed by atoms with Crippen LogP contribution in [0.1, 0.15) is 51.5 Å². The van der Waals surface area contributed by atoms with Crippen molar-refractivity contribution in [2.45, 2.75) is 64.5 Å². The second-order valence-electron chi connectivity index (χ2n) is 7.41. The molecule has 1 aliphatic heterocycles. The van der Waals surface area contributed by atoms with E-state index in [2.05, 4.69) is 6.92 Å². The summed E-state index contributed by atoms with van der Waals surface area (Å²) in [7, 11) is 0. The first-order valence-electron chi connectivity index (χ1n) is 9.93. The Kier molecular flexibility index (Phi) is 8.56. The molecule has 0 spiro atoms. The SMILES string of the molecule is CCCCCCC(CN1C(=O)OCC1Cc1ccccc1)C(O)C(C)=C=O. The summed E-state index contributed by atoms with van der Waals surface area (Å²) in [4.78, 5) is 25.0. The molecule has 3 unspecified atom stereocenters. The van der Waals surface area contributed by atoms with Crippen LogP contribution in [0.25, 0.3) is 0 Å². The number of cyclic esters (lactones) is 1. The molecular weight excluding hydrogens is 342 g/mol. The predicted octanol–water partition coefficient (Wildman–Crippen LogP) is 3.78. The zero-order valence-corrected chi connectivity index (χ0v) is 16.4. The number of aliphatic hydroxyl groups excluding tert-OH is 1. The van der Waals surface area contributed by atoms with Crippen LogP contribution >= 0.6 is 0 Å². The quantitative estimate of drug-likeness (QED) is 0.474. The van der Waals surface area contributed by atoms with E-state index in [-0.39, 0.29) is 18.1 Å². The molecule has 0 bridgehead atoms. The van der Waals surface area contributed by atoms with Crippen LogP contribution < -0.4 is 0 Å². The molecule has 2 rings (SSSR count). The van der Waals surface area contributed by atoms with Gasteiger partial charge in [-0.1, -0.05) is 62.9 Å². The van der Waals surface area contributed by atoms with Gasteiger partial charge in [-0.3, -0.25) is 0 Å². The van der Waals surface area contributed by atoms with Crippen LogP contribution in [-0.4, -0.2) is 47.3 Å². The van der Waals surface area contributed by atoms with E-state index in [1.165, 1.54) is 0 Å². The van der Waals surface area contributed by atoms with Crippen LogP contribution in [-0.2, 0) is 16.0 Å². The lowest BCUT2D eigenvalue weighted by Crippen LogP contribution is -2.42. The highest BCUT2D eigenvalue weighted by atomic mass is 16.6. The van der Waals surface area contributed by atoms with E-state index in [1.807, 2.05) is 36.3 Å². The highest BCUT2D eigenvalue weighted by Crippen LogP contribution is 2.25. The van der Waals surface area contributed by atoms with Crippen molar-refractivity contribution in [1.82, 2.24) is 4.90 Å². The normalized spacial score (nSPS) is 18.7. The summed E-state index contributed by atoms with van der Waals surface area (Å²) in [5, 5.41) is 10.6. The molecule has 1 amide bonds. The average Bonchev–Trinajstić information content (AvgIpc) is 3.03. The third-order valence-corrected chi connectivity index (χ3v) is 5.30. The van der Waals surface area contributed by atoms with E-state index in [4.69, 9.17) is 4.74 Å². The summed E-state index contributed by atoms with van der Waals surface area (Å²) < 4.78 is 5.28. The van der Waals surface area contributed by atoms with Gasteiger partial charge >= 0.3 is 6.09 Å². The van der Waals surface area contributed by atoms with Crippen molar-refractivity contribution in [3.63, 3.8) is 0 Å². The van der Waals surface area contributed by atoms with Crippen LogP contribution in [0.3, 0.4) is 0 Å². The zero-order valence-electron chi connectivity index (χ0n) is 16.4. The van der Waals surface area contributed by atoms with Gasteiger partial charge in [-0.25, -0.2) is 9.59 Å². The number of rotatable bonds is 11. The largest absolute Gasteiger partial charge is 0.447 e. The first-order chi connectivity index (χ1) is 13.1. The fourth-order valence-corrected chi connectivity index (χ4v) is 3.62. The molecule has 5 nitrogen and oxygen atoms in total. The third kappa shape index (κ3) is 6.23. The Morgan fingerprint density at radius 2 is 2.04 bits per heavy atom. The Morgan fingerprint density at radius 1 is 1.30 bits per heavy atom. The smallest absolute Gasteiger partial charge is 0.410 e. The van der Waals surface area contributed by atoms with Crippen molar-refractivity contribution in [3.05, 3.63) is 41.5 Å². The van der Waals surface area contributed by atoms with Crippen molar-refractivity contribution in [1.29, 1.82) is 0 Å². The number of unbranched alkanes of at least 4 members (excludes halogenated alkanes) is 3. The van der Waals surface area contributed by atoms with Crippen LogP contribution in [0.15, 0.2) is 35.9 Å². The van der Waals surface area contributed by atoms with Gasteiger partial charge in [-0.05, 0) is 25.3 Å². The summed E-state index contributed by atoms with van der Waals surface area (Å²) in [6.07, 6.45) is 4.60. The van der Waals surface area contributed by atoms with E-state index in [0.717, 1.165) is 37.7 Å². The van der Waals surface area contributed by atoms with Crippen molar-refractivity contribution in [3.8, 4) is 0 Å². The fraction of sp³-hybridized carbons (Fsp3) is 0.591. The highest BCUT2D eigenvalue weighted by molar-refractivity contribution is 5.70. The zero-order chi connectivity index (χ0) is 19.6. The molecule has 1 saturated heterocycles. The monoisotopic (exact) mass is 373 g/mol. The molecule has 5 heteroatoms. The van der Waals surface area contributed by atoms with Crippen LogP contribution in [0.5, 0.6) is 0 Å². The first-order valence-corrected chi connectivity index (χ1v) is 9.93. The van der Waals surface area contributed by atoms with Gasteiger partial charge in [0.15, 0.2) is 0 Å². The second-order valence-corrected chi connectivity index (χ2v) is 7.41. The van der Waals surface area contributed by atoms with Crippen LogP contribution in [0.4, 0.5) is 4.79 Å². The van der Waals surface area contributed by atoms with E-state index < -0.39 is 6.10 Å². The molecule has 1 fully saturated rings. The van der Waals surface area contributed by atoms with Crippen LogP contribution in [0.2, 0.25) is 0 Å². The van der Waals surface area contributed by atoms with Gasteiger partial charge in [-0.15, -0.1) is 0 Å². The van der Waals surface area contributed by atoms with Gasteiger partial charge in [0.05, 0.1) is 12.1 Å². The number of ether oxygens (including phenoxy) is 1. The van der Waals surface area contributed by atoms with E-state index in [1.54, 1.807) is 11.8 Å². The summed E-state index contributed by atoms with van der Waals surface area (Å²) >= 11 is 0. The molecule has 1 N–H and O–H groups in total. The molecule has 1 aromatic carbocycles. The minimum absolute atomic E-state index is 0.0502. The molecule has 0 aromatic heterocycles. The maximum absolute atomic E-state index is 12.3. The summed E-state index contributed by atoms with van der Waals surface area (Å²) in [5.41, 5.74) is 1.44. The molecule has 3 atom stereocenters. The number of amides is 1. The van der Waals surface area contributed by atoms with Gasteiger partial charge in [-0.2, -0.15) is 0 Å². The molecule has 0 radical (unpaired) electrons. The van der Waals surface area contributed by atoms with Crippen molar-refractivity contribution in [2.24, 2.45) is 5.92 Å². The number of carbonyl (C=O) groups is 1. The average molecular weight is 373 g/mol. The molecule has 0 aliphatic carbocycles. The minimum atomic E-state index is -0.880. The minimum Gasteiger partial charge on any atom is -0.447 e. The highest BCUT2D eigenvalue weighted by Gasteiger charge is 2.36. The first kappa shape index (κ1) is 21.2. The number of hydrogen-bond acceptors (Lipinski definition) is 4. The maximum Gasteiger partial charge on any atom is 0.410 e. The summed E-state index contributed by atoms with van der Waals surface area (Å²) in [5.74, 6) is 1.63. The van der Waals surface area contributed by atoms with Crippen LogP contribution in [0, 0.1) is 5.92 Å². The van der Waals surface area contributed by atoms with Gasteiger partial charge < -0.3 is 14.7 Å². The molecule has 1 heterocycles. The number of aliphatic hydroxyl groups is 1. The Bertz CT molecular complexity index is 639. The number of hydrogen-bond donors (Lipinski definition) is 1. The number of benzene rings is 1. The lowest BCUT2D eigenvalue weighted by atomic mass is 9.90. The predicted molar refractivity (Wildman–Crippen MR) is 105 cm³/mol. The molecule has 1 aliphatic rings. The molecule has 148 valence electrons. The fourth-order valence-electron chi connectivity index (χ4n) is 3.62. The molecule has 0 saturated carbocycles. The van der Waals surface area contributed by atoms with E-state index in [0.29, 0.717) is 25.1 Å². The van der Waals surface area contributed by atoms with Gasteiger partial charge in [0.25, 0.3) is 0 Å². The van der Waals surface area contributed by atoms with E-state index in [9.17, 15) is 14.7 Å². The number of nitrogens with zero attached hydrogens (tertiary/aromatic N) is 1. The Balaban J connectivity index is 2.07. The summed E-state index contributed by atoms with van der Waals surface area (Å²) in [6.45, 7) is 4.50. The Labute approximate surface area is 162 Å². The Hall–Kier alpha value is -2.10. The molecular formula is C22H31NO4. The van der Waals surface area contributed by atoms with Gasteiger partial charge in [0, 0.05) is 18.0 Å².